The lowest BCUT2D eigenvalue weighted by atomic mass is 10.1. The molecule has 0 aliphatic carbocycles. The van der Waals surface area contributed by atoms with Crippen molar-refractivity contribution in [1.82, 2.24) is 4.98 Å². The average Bonchev–Trinajstić information content (AvgIpc) is 2.87. The first kappa shape index (κ1) is 15.8. The molecule has 0 saturated heterocycles. The van der Waals surface area contributed by atoms with Gasteiger partial charge in [-0.25, -0.2) is 9.78 Å². The third-order valence-electron chi connectivity index (χ3n) is 2.94. The van der Waals surface area contributed by atoms with E-state index in [1.165, 1.54) is 14.0 Å². The van der Waals surface area contributed by atoms with Crippen molar-refractivity contribution in [3.05, 3.63) is 46.0 Å². The summed E-state index contributed by atoms with van der Waals surface area (Å²) in [7, 11) is 1.29. The van der Waals surface area contributed by atoms with Gasteiger partial charge in [-0.05, 0) is 26.0 Å². The topological polar surface area (TPSA) is 85.4 Å². The molecule has 114 valence electrons. The Kier molecular flexibility index (Phi) is 4.67. The van der Waals surface area contributed by atoms with E-state index < -0.39 is 5.97 Å². The lowest BCUT2D eigenvalue weighted by molar-refractivity contribution is 0.0605. The Hall–Kier alpha value is -2.54. The molecular weight excluding hydrogens is 304 g/mol. The van der Waals surface area contributed by atoms with Crippen LogP contribution >= 0.6 is 11.3 Å². The fourth-order valence-corrected chi connectivity index (χ4v) is 2.64. The first-order valence-electron chi connectivity index (χ1n) is 6.40. The molecule has 0 saturated carbocycles. The molecule has 1 aromatic carbocycles. The lowest BCUT2D eigenvalue weighted by Crippen LogP contribution is -2.11. The third kappa shape index (κ3) is 3.37. The van der Waals surface area contributed by atoms with Gasteiger partial charge in [0.15, 0.2) is 10.9 Å². The lowest BCUT2D eigenvalue weighted by Gasteiger charge is -2.02. The van der Waals surface area contributed by atoms with E-state index in [0.29, 0.717) is 26.8 Å². The number of hydrogen-bond acceptors (Lipinski definition) is 6. The Bertz CT molecular complexity index is 735. The van der Waals surface area contributed by atoms with Crippen molar-refractivity contribution in [1.29, 1.82) is 0 Å². The number of methoxy groups -OCH3 is 1. The summed E-state index contributed by atoms with van der Waals surface area (Å²) in [5.74, 6) is -0.910. The summed E-state index contributed by atoms with van der Waals surface area (Å²) in [5.41, 5.74) is 1.44. The molecule has 1 aromatic heterocycles. The number of aromatic nitrogens is 1. The second-order valence-electron chi connectivity index (χ2n) is 4.51. The summed E-state index contributed by atoms with van der Waals surface area (Å²) in [6.45, 7) is 3.13. The van der Waals surface area contributed by atoms with Crippen molar-refractivity contribution in [3.8, 4) is 0 Å². The van der Waals surface area contributed by atoms with Crippen LogP contribution in [-0.4, -0.2) is 29.8 Å². The van der Waals surface area contributed by atoms with E-state index >= 15 is 0 Å². The number of amides is 1. The highest BCUT2D eigenvalue weighted by Crippen LogP contribution is 2.23. The van der Waals surface area contributed by atoms with Crippen LogP contribution in [0.3, 0.4) is 0 Å². The van der Waals surface area contributed by atoms with Crippen LogP contribution in [0.5, 0.6) is 0 Å². The summed E-state index contributed by atoms with van der Waals surface area (Å²) in [5, 5.41) is 2.94. The van der Waals surface area contributed by atoms with Crippen LogP contribution in [0.4, 0.5) is 5.13 Å². The minimum absolute atomic E-state index is 0.0646. The Morgan fingerprint density at radius 2 is 1.73 bits per heavy atom. The number of thiazole rings is 1. The molecule has 6 nitrogen and oxygen atoms in total. The number of hydrogen-bond donors (Lipinski definition) is 1. The maximum Gasteiger partial charge on any atom is 0.350 e. The summed E-state index contributed by atoms with van der Waals surface area (Å²) in [6, 6.07) is 6.30. The zero-order valence-corrected chi connectivity index (χ0v) is 13.1. The summed E-state index contributed by atoms with van der Waals surface area (Å²) >= 11 is 1.05. The van der Waals surface area contributed by atoms with E-state index in [-0.39, 0.29) is 11.7 Å². The number of Topliss-reactive ketones (excluding diaryl/α,β-unsaturated/α-hetero) is 1. The van der Waals surface area contributed by atoms with Crippen molar-refractivity contribution in [2.45, 2.75) is 13.8 Å². The van der Waals surface area contributed by atoms with Crippen molar-refractivity contribution in [2.75, 3.05) is 12.4 Å². The van der Waals surface area contributed by atoms with Gasteiger partial charge >= 0.3 is 5.97 Å². The standard InChI is InChI=1S/C15H14N2O4S/c1-8-12(14(20)21-3)22-15(16-8)17-13(19)11-6-4-10(5-7-11)9(2)18/h4-7H,1-3H3,(H,16,17,19). The number of benzene rings is 1. The molecule has 1 N–H and O–H groups in total. The Balaban J connectivity index is 2.15. The fraction of sp³-hybridized carbons (Fsp3) is 0.200. The fourth-order valence-electron chi connectivity index (χ4n) is 1.76. The van der Waals surface area contributed by atoms with Crippen LogP contribution < -0.4 is 5.32 Å². The predicted molar refractivity (Wildman–Crippen MR) is 82.6 cm³/mol. The molecule has 0 atom stereocenters. The van der Waals surface area contributed by atoms with E-state index in [0.717, 1.165) is 11.3 Å². The number of nitrogens with zero attached hydrogens (tertiary/aromatic N) is 1. The highest BCUT2D eigenvalue weighted by atomic mass is 32.1. The molecule has 1 heterocycles. The minimum Gasteiger partial charge on any atom is -0.465 e. The molecule has 0 aliphatic rings. The number of carbonyl (C=O) groups excluding carboxylic acids is 3. The smallest absolute Gasteiger partial charge is 0.350 e. The van der Waals surface area contributed by atoms with Gasteiger partial charge in [0.2, 0.25) is 0 Å². The van der Waals surface area contributed by atoms with Gasteiger partial charge in [-0.1, -0.05) is 23.5 Å². The van der Waals surface area contributed by atoms with Crippen LogP contribution in [0.15, 0.2) is 24.3 Å². The molecule has 0 bridgehead atoms. The highest BCUT2D eigenvalue weighted by Gasteiger charge is 2.17. The molecule has 0 aliphatic heterocycles. The second-order valence-corrected chi connectivity index (χ2v) is 5.51. The first-order valence-corrected chi connectivity index (χ1v) is 7.22. The van der Waals surface area contributed by atoms with Gasteiger partial charge in [-0.2, -0.15) is 0 Å². The van der Waals surface area contributed by atoms with Gasteiger partial charge in [0.05, 0.1) is 12.8 Å². The number of ether oxygens (including phenoxy) is 1. The summed E-state index contributed by atoms with van der Waals surface area (Å²) < 4.78 is 4.64. The van der Waals surface area contributed by atoms with Crippen molar-refractivity contribution in [3.63, 3.8) is 0 Å². The molecular formula is C15H14N2O4S. The zero-order chi connectivity index (χ0) is 16.3. The number of ketones is 1. The van der Waals surface area contributed by atoms with Crippen LogP contribution in [0.25, 0.3) is 0 Å². The normalized spacial score (nSPS) is 10.1. The Morgan fingerprint density at radius 1 is 1.14 bits per heavy atom. The third-order valence-corrected chi connectivity index (χ3v) is 3.99. The van der Waals surface area contributed by atoms with E-state index in [9.17, 15) is 14.4 Å². The van der Waals surface area contributed by atoms with Gasteiger partial charge in [-0.15, -0.1) is 0 Å². The van der Waals surface area contributed by atoms with Gasteiger partial charge in [-0.3, -0.25) is 14.9 Å². The number of nitrogens with one attached hydrogen (secondary N) is 1. The SMILES string of the molecule is COC(=O)c1sc(NC(=O)c2ccc(C(C)=O)cc2)nc1C. The Morgan fingerprint density at radius 3 is 2.27 bits per heavy atom. The van der Waals surface area contributed by atoms with Crippen LogP contribution in [0.2, 0.25) is 0 Å². The number of esters is 1. The van der Waals surface area contributed by atoms with E-state index in [4.69, 9.17) is 0 Å². The van der Waals surface area contributed by atoms with Crippen LogP contribution in [0.1, 0.15) is 43.0 Å². The molecule has 7 heteroatoms. The summed E-state index contributed by atoms with van der Waals surface area (Å²) in [4.78, 5) is 39.3. The molecule has 0 radical (unpaired) electrons. The van der Waals surface area contributed by atoms with Gasteiger partial charge < -0.3 is 4.74 Å². The van der Waals surface area contributed by atoms with E-state index in [2.05, 4.69) is 15.0 Å². The minimum atomic E-state index is -0.485. The number of rotatable bonds is 4. The quantitative estimate of drug-likeness (QED) is 0.692. The number of carbonyl (C=O) groups is 3. The van der Waals surface area contributed by atoms with Crippen LogP contribution in [-0.2, 0) is 4.74 Å². The highest BCUT2D eigenvalue weighted by molar-refractivity contribution is 7.17. The van der Waals surface area contributed by atoms with Crippen molar-refractivity contribution >= 4 is 34.1 Å². The second kappa shape index (κ2) is 6.48. The molecule has 2 aromatic rings. The number of aryl methyl sites for hydroxylation is 1. The predicted octanol–water partition coefficient (Wildman–Crippen LogP) is 2.69. The van der Waals surface area contributed by atoms with Crippen molar-refractivity contribution in [2.24, 2.45) is 0 Å². The monoisotopic (exact) mass is 318 g/mol. The van der Waals surface area contributed by atoms with Gasteiger partial charge in [0, 0.05) is 11.1 Å². The largest absolute Gasteiger partial charge is 0.465 e. The molecule has 1 amide bonds. The maximum atomic E-state index is 12.1. The molecule has 22 heavy (non-hydrogen) atoms. The maximum absolute atomic E-state index is 12.1. The van der Waals surface area contributed by atoms with E-state index in [1.54, 1.807) is 31.2 Å². The van der Waals surface area contributed by atoms with E-state index in [1.807, 2.05) is 0 Å². The first-order chi connectivity index (χ1) is 10.4. The van der Waals surface area contributed by atoms with Gasteiger partial charge in [0.25, 0.3) is 5.91 Å². The molecule has 0 fully saturated rings. The molecule has 0 spiro atoms. The average molecular weight is 318 g/mol. The molecule has 2 rings (SSSR count). The number of anilines is 1. The Labute approximate surface area is 131 Å². The van der Waals surface area contributed by atoms with Crippen molar-refractivity contribution < 1.29 is 19.1 Å². The van der Waals surface area contributed by atoms with Gasteiger partial charge in [0.1, 0.15) is 4.88 Å². The zero-order valence-electron chi connectivity index (χ0n) is 12.3. The van der Waals surface area contributed by atoms with Crippen LogP contribution in [0, 0.1) is 6.92 Å². The molecule has 0 unspecified atom stereocenters. The summed E-state index contributed by atoms with van der Waals surface area (Å²) in [6.07, 6.45) is 0.